The van der Waals surface area contributed by atoms with Gasteiger partial charge in [0, 0.05) is 51.9 Å². The summed E-state index contributed by atoms with van der Waals surface area (Å²) in [5.74, 6) is -0.540. The van der Waals surface area contributed by atoms with E-state index in [1.807, 2.05) is 42.5 Å². The first-order chi connectivity index (χ1) is 23.5. The SMILES string of the molecule is CCOC(=O)N1CCN(C(=O)[C@H](Cc2ccc(C(=O)OC(C)(C)C)cc2)NC(=O)c2cc(C3CC3COC)cc(-c3ccccc3)n2)CC1. The molecule has 0 radical (unpaired) electrons. The van der Waals surface area contributed by atoms with Gasteiger partial charge in [-0.3, -0.25) is 9.59 Å². The zero-order valence-electron chi connectivity index (χ0n) is 28.9. The van der Waals surface area contributed by atoms with E-state index in [-0.39, 0.29) is 30.5 Å². The van der Waals surface area contributed by atoms with Crippen LogP contribution in [0.2, 0.25) is 0 Å². The Morgan fingerprint density at radius 1 is 0.939 bits per heavy atom. The molecule has 2 unspecified atom stereocenters. The highest BCUT2D eigenvalue weighted by Crippen LogP contribution is 2.48. The van der Waals surface area contributed by atoms with E-state index in [1.165, 1.54) is 0 Å². The Balaban J connectivity index is 1.39. The minimum absolute atomic E-state index is 0.182. The van der Waals surface area contributed by atoms with Gasteiger partial charge in [-0.05, 0) is 81.3 Å². The molecule has 0 spiro atoms. The Bertz CT molecular complexity index is 1630. The van der Waals surface area contributed by atoms with Crippen LogP contribution in [0.1, 0.15) is 72.0 Å². The lowest BCUT2D eigenvalue weighted by atomic mass is 10.0. The molecule has 3 amide bonds. The molecule has 1 saturated heterocycles. The normalized spacial score (nSPS) is 18.0. The molecule has 0 bridgehead atoms. The van der Waals surface area contributed by atoms with Gasteiger partial charge in [0.1, 0.15) is 17.3 Å². The molecule has 2 aliphatic rings. The summed E-state index contributed by atoms with van der Waals surface area (Å²) in [5, 5.41) is 2.99. The van der Waals surface area contributed by atoms with Gasteiger partial charge < -0.3 is 29.3 Å². The summed E-state index contributed by atoms with van der Waals surface area (Å²) in [6.45, 7) is 9.33. The fraction of sp³-hybridized carbons (Fsp3) is 0.447. The van der Waals surface area contributed by atoms with Crippen LogP contribution in [0.5, 0.6) is 0 Å². The number of nitrogens with zero attached hydrogens (tertiary/aromatic N) is 3. The predicted octanol–water partition coefficient (Wildman–Crippen LogP) is 5.10. The topological polar surface area (TPSA) is 127 Å². The van der Waals surface area contributed by atoms with E-state index >= 15 is 0 Å². The van der Waals surface area contributed by atoms with Gasteiger partial charge in [0.25, 0.3) is 5.91 Å². The molecule has 1 saturated carbocycles. The number of carbonyl (C=O) groups is 4. The number of aromatic nitrogens is 1. The first-order valence-corrected chi connectivity index (χ1v) is 16.9. The lowest BCUT2D eigenvalue weighted by molar-refractivity contribution is -0.134. The molecule has 2 aromatic carbocycles. The molecule has 1 aliphatic carbocycles. The zero-order chi connectivity index (χ0) is 35.1. The molecule has 11 heteroatoms. The van der Waals surface area contributed by atoms with E-state index in [1.54, 1.807) is 68.9 Å². The van der Waals surface area contributed by atoms with Crippen molar-refractivity contribution in [3.63, 3.8) is 0 Å². The van der Waals surface area contributed by atoms with Crippen molar-refractivity contribution in [1.82, 2.24) is 20.1 Å². The number of carbonyl (C=O) groups excluding carboxylic acids is 4. The second kappa shape index (κ2) is 15.6. The van der Waals surface area contributed by atoms with Crippen molar-refractivity contribution in [2.75, 3.05) is 46.5 Å². The highest BCUT2D eigenvalue weighted by molar-refractivity contribution is 5.97. The second-order valence-electron chi connectivity index (χ2n) is 13.5. The van der Waals surface area contributed by atoms with E-state index in [2.05, 4.69) is 5.32 Å². The maximum atomic E-state index is 14.1. The molecular weight excluding hydrogens is 624 g/mol. The number of hydrogen-bond acceptors (Lipinski definition) is 8. The first kappa shape index (κ1) is 35.5. The van der Waals surface area contributed by atoms with Gasteiger partial charge in [-0.1, -0.05) is 42.5 Å². The van der Waals surface area contributed by atoms with Crippen molar-refractivity contribution < 1.29 is 33.4 Å². The summed E-state index contributed by atoms with van der Waals surface area (Å²) in [5.41, 5.74) is 3.32. The number of methoxy groups -OCH3 is 1. The predicted molar refractivity (Wildman–Crippen MR) is 184 cm³/mol. The molecule has 3 atom stereocenters. The molecular formula is C38H46N4O7. The van der Waals surface area contributed by atoms with Gasteiger partial charge in [0.15, 0.2) is 0 Å². The largest absolute Gasteiger partial charge is 0.456 e. The summed E-state index contributed by atoms with van der Waals surface area (Å²) < 4.78 is 16.0. The van der Waals surface area contributed by atoms with Crippen LogP contribution in [0.15, 0.2) is 66.7 Å². The van der Waals surface area contributed by atoms with Crippen molar-refractivity contribution in [1.29, 1.82) is 0 Å². The highest BCUT2D eigenvalue weighted by Gasteiger charge is 2.39. The molecule has 260 valence electrons. The number of esters is 1. The second-order valence-corrected chi connectivity index (χ2v) is 13.5. The van der Waals surface area contributed by atoms with E-state index in [4.69, 9.17) is 19.2 Å². The summed E-state index contributed by atoms with van der Waals surface area (Å²) in [6.07, 6.45) is 0.736. The van der Waals surface area contributed by atoms with Crippen molar-refractivity contribution in [2.45, 2.75) is 58.1 Å². The zero-order valence-corrected chi connectivity index (χ0v) is 28.9. The minimum atomic E-state index is -0.929. The summed E-state index contributed by atoms with van der Waals surface area (Å²) in [7, 11) is 1.69. The Labute approximate surface area is 287 Å². The van der Waals surface area contributed by atoms with Crippen molar-refractivity contribution in [2.24, 2.45) is 5.92 Å². The number of nitrogens with one attached hydrogen (secondary N) is 1. The molecule has 11 nitrogen and oxygen atoms in total. The first-order valence-electron chi connectivity index (χ1n) is 16.9. The quantitative estimate of drug-likeness (QED) is 0.280. The van der Waals surface area contributed by atoms with Crippen LogP contribution in [0.4, 0.5) is 4.79 Å². The van der Waals surface area contributed by atoms with Gasteiger partial charge in [-0.15, -0.1) is 0 Å². The Morgan fingerprint density at radius 2 is 1.61 bits per heavy atom. The number of piperazine rings is 1. The van der Waals surface area contributed by atoms with Crippen LogP contribution in [-0.4, -0.2) is 96.8 Å². The number of benzene rings is 2. The van der Waals surface area contributed by atoms with E-state index < -0.39 is 29.6 Å². The average Bonchev–Trinajstić information content (AvgIpc) is 3.87. The van der Waals surface area contributed by atoms with Gasteiger partial charge in [0.2, 0.25) is 5.91 Å². The van der Waals surface area contributed by atoms with Crippen LogP contribution in [0, 0.1) is 5.92 Å². The number of rotatable bonds is 11. The van der Waals surface area contributed by atoms with Crippen molar-refractivity contribution in [3.05, 3.63) is 89.1 Å². The van der Waals surface area contributed by atoms with Gasteiger partial charge in [-0.25, -0.2) is 14.6 Å². The smallest absolute Gasteiger partial charge is 0.409 e. The molecule has 1 aliphatic heterocycles. The lowest BCUT2D eigenvalue weighted by Gasteiger charge is -2.36. The van der Waals surface area contributed by atoms with Gasteiger partial charge in [-0.2, -0.15) is 0 Å². The number of amides is 3. The third-order valence-electron chi connectivity index (χ3n) is 8.63. The molecule has 5 rings (SSSR count). The van der Waals surface area contributed by atoms with Gasteiger partial charge in [0.05, 0.1) is 17.9 Å². The monoisotopic (exact) mass is 670 g/mol. The standard InChI is InChI=1S/C38H46N4O7/c1-6-48-37(46)42-18-16-41(17-19-42)35(44)33(20-25-12-14-27(15-13-25)36(45)49-38(2,3)4)40-34(43)32-23-28(30-21-29(30)24-47-5)22-31(39-32)26-10-8-7-9-11-26/h7-15,22-23,29-30,33H,6,16-21,24H2,1-5H3,(H,40,43)/t29?,30?,33-/m0/s1. The van der Waals surface area contributed by atoms with Crippen molar-refractivity contribution >= 4 is 23.9 Å². The van der Waals surface area contributed by atoms with Crippen molar-refractivity contribution in [3.8, 4) is 11.3 Å². The molecule has 2 fully saturated rings. The average molecular weight is 671 g/mol. The summed E-state index contributed by atoms with van der Waals surface area (Å²) in [4.78, 5) is 60.9. The summed E-state index contributed by atoms with van der Waals surface area (Å²) >= 11 is 0. The number of pyridine rings is 1. The number of ether oxygens (including phenoxy) is 3. The Morgan fingerprint density at radius 3 is 2.24 bits per heavy atom. The lowest BCUT2D eigenvalue weighted by Crippen LogP contribution is -2.56. The molecule has 49 heavy (non-hydrogen) atoms. The minimum Gasteiger partial charge on any atom is -0.456 e. The van der Waals surface area contributed by atoms with Crippen LogP contribution < -0.4 is 5.32 Å². The van der Waals surface area contributed by atoms with Crippen LogP contribution in [-0.2, 0) is 25.4 Å². The maximum Gasteiger partial charge on any atom is 0.409 e. The maximum absolute atomic E-state index is 14.1. The molecule has 2 heterocycles. The highest BCUT2D eigenvalue weighted by atomic mass is 16.6. The molecule has 3 aromatic rings. The Hall–Kier alpha value is -4.77. The van der Waals surface area contributed by atoms with Crippen LogP contribution in [0.25, 0.3) is 11.3 Å². The fourth-order valence-corrected chi connectivity index (χ4v) is 6.02. The fourth-order valence-electron chi connectivity index (χ4n) is 6.02. The van der Waals surface area contributed by atoms with E-state index in [0.717, 1.165) is 23.1 Å². The third kappa shape index (κ3) is 9.44. The van der Waals surface area contributed by atoms with Crippen LogP contribution in [0.3, 0.4) is 0 Å². The number of hydrogen-bond donors (Lipinski definition) is 1. The van der Waals surface area contributed by atoms with E-state index in [0.29, 0.717) is 50.0 Å². The van der Waals surface area contributed by atoms with Gasteiger partial charge >= 0.3 is 12.1 Å². The molecule has 1 aromatic heterocycles. The third-order valence-corrected chi connectivity index (χ3v) is 8.63. The molecule has 1 N–H and O–H groups in total. The Kier molecular flexibility index (Phi) is 11.3. The van der Waals surface area contributed by atoms with Crippen LogP contribution >= 0.6 is 0 Å². The van der Waals surface area contributed by atoms with E-state index in [9.17, 15) is 19.2 Å². The summed E-state index contributed by atoms with van der Waals surface area (Å²) in [6, 6.07) is 19.5.